The number of nitrogens with zero attached hydrogens (tertiary/aromatic N) is 2. The molecule has 20 heavy (non-hydrogen) atoms. The highest BCUT2D eigenvalue weighted by molar-refractivity contribution is 6.31. The number of aromatic nitrogens is 2. The molecule has 0 radical (unpaired) electrons. The van der Waals surface area contributed by atoms with E-state index in [0.717, 1.165) is 35.3 Å². The van der Waals surface area contributed by atoms with Gasteiger partial charge in [-0.25, -0.2) is 0 Å². The first kappa shape index (κ1) is 15.8. The lowest BCUT2D eigenvalue weighted by atomic mass is 9.77. The Morgan fingerprint density at radius 2 is 2.25 bits per heavy atom. The summed E-state index contributed by atoms with van der Waals surface area (Å²) in [6, 6.07) is 0.289. The molecule has 1 heterocycles. The Labute approximate surface area is 127 Å². The van der Waals surface area contributed by atoms with E-state index in [1.807, 2.05) is 11.6 Å². The van der Waals surface area contributed by atoms with E-state index in [1.165, 1.54) is 25.7 Å². The average molecular weight is 299 g/mol. The third kappa shape index (κ3) is 3.35. The van der Waals surface area contributed by atoms with Gasteiger partial charge in [0.05, 0.1) is 16.4 Å². The van der Waals surface area contributed by atoms with Crippen LogP contribution in [0.15, 0.2) is 0 Å². The summed E-state index contributed by atoms with van der Waals surface area (Å²) in [7, 11) is 0. The first-order valence-electron chi connectivity index (χ1n) is 7.74. The first-order chi connectivity index (χ1) is 9.56. The highest BCUT2D eigenvalue weighted by Crippen LogP contribution is 2.32. The molecule has 0 saturated heterocycles. The molecule has 0 amide bonds. The highest BCUT2D eigenvalue weighted by atomic mass is 35.5. The van der Waals surface area contributed by atoms with E-state index in [9.17, 15) is 0 Å². The first-order valence-corrected chi connectivity index (χ1v) is 8.12. The van der Waals surface area contributed by atoms with Crippen molar-refractivity contribution in [3.8, 4) is 0 Å². The van der Waals surface area contributed by atoms with Gasteiger partial charge < -0.3 is 0 Å². The number of hydrogen-bond donors (Lipinski definition) is 2. The second-order valence-electron chi connectivity index (χ2n) is 6.17. The second-order valence-corrected chi connectivity index (χ2v) is 6.55. The van der Waals surface area contributed by atoms with Crippen LogP contribution in [0.2, 0.25) is 5.02 Å². The van der Waals surface area contributed by atoms with Crippen LogP contribution in [0.25, 0.3) is 0 Å². The molecule has 2 rings (SSSR count). The molecule has 0 aliphatic heterocycles. The van der Waals surface area contributed by atoms with Gasteiger partial charge in [-0.3, -0.25) is 16.0 Å². The fraction of sp³-hybridized carbons (Fsp3) is 0.800. The van der Waals surface area contributed by atoms with Crippen molar-refractivity contribution in [1.82, 2.24) is 15.2 Å². The van der Waals surface area contributed by atoms with Gasteiger partial charge in [-0.1, -0.05) is 31.4 Å². The lowest BCUT2D eigenvalue weighted by Crippen LogP contribution is -2.44. The zero-order valence-corrected chi connectivity index (χ0v) is 13.6. The summed E-state index contributed by atoms with van der Waals surface area (Å²) in [4.78, 5) is 0. The van der Waals surface area contributed by atoms with Gasteiger partial charge >= 0.3 is 0 Å². The fourth-order valence-electron chi connectivity index (χ4n) is 3.48. The van der Waals surface area contributed by atoms with Crippen LogP contribution >= 0.6 is 11.6 Å². The Balaban J connectivity index is 2.13. The van der Waals surface area contributed by atoms with E-state index in [-0.39, 0.29) is 6.04 Å². The largest absolute Gasteiger partial charge is 0.271 e. The minimum atomic E-state index is 0.289. The van der Waals surface area contributed by atoms with Gasteiger partial charge in [0.25, 0.3) is 0 Å². The smallest absolute Gasteiger partial charge is 0.0847 e. The maximum absolute atomic E-state index is 6.41. The molecular weight excluding hydrogens is 272 g/mol. The summed E-state index contributed by atoms with van der Waals surface area (Å²) in [6.45, 7) is 7.25. The molecule has 0 aromatic carbocycles. The lowest BCUT2D eigenvalue weighted by molar-refractivity contribution is 0.220. The van der Waals surface area contributed by atoms with E-state index < -0.39 is 0 Å². The van der Waals surface area contributed by atoms with Gasteiger partial charge in [0.2, 0.25) is 0 Å². The number of hydrogen-bond acceptors (Lipinski definition) is 3. The van der Waals surface area contributed by atoms with E-state index in [4.69, 9.17) is 17.4 Å². The van der Waals surface area contributed by atoms with Crippen molar-refractivity contribution >= 4 is 11.6 Å². The Kier molecular flexibility index (Phi) is 5.47. The summed E-state index contributed by atoms with van der Waals surface area (Å²) < 4.78 is 2.01. The molecule has 1 saturated carbocycles. The quantitative estimate of drug-likeness (QED) is 0.649. The number of nitrogens with two attached hydrogens (primary N) is 1. The van der Waals surface area contributed by atoms with Gasteiger partial charge in [-0.05, 0) is 38.5 Å². The Hall–Kier alpha value is -0.580. The van der Waals surface area contributed by atoms with Crippen molar-refractivity contribution in [3.63, 3.8) is 0 Å². The zero-order chi connectivity index (χ0) is 14.7. The minimum absolute atomic E-state index is 0.289. The molecule has 0 spiro atoms. The minimum Gasteiger partial charge on any atom is -0.271 e. The van der Waals surface area contributed by atoms with Crippen molar-refractivity contribution in [2.45, 2.75) is 65.5 Å². The molecule has 0 bridgehead atoms. The molecular formula is C15H27ClN4. The maximum Gasteiger partial charge on any atom is 0.0847 e. The second kappa shape index (κ2) is 6.92. The third-order valence-electron chi connectivity index (χ3n) is 4.63. The van der Waals surface area contributed by atoms with Crippen LogP contribution in [0, 0.1) is 18.8 Å². The van der Waals surface area contributed by atoms with Crippen molar-refractivity contribution in [1.29, 1.82) is 0 Å². The highest BCUT2D eigenvalue weighted by Gasteiger charge is 2.28. The van der Waals surface area contributed by atoms with E-state index >= 15 is 0 Å². The summed E-state index contributed by atoms with van der Waals surface area (Å²) >= 11 is 6.41. The number of halogens is 1. The van der Waals surface area contributed by atoms with Crippen molar-refractivity contribution < 1.29 is 0 Å². The molecule has 114 valence electrons. The predicted molar refractivity (Wildman–Crippen MR) is 83.6 cm³/mol. The van der Waals surface area contributed by atoms with Crippen LogP contribution in [-0.2, 0) is 13.0 Å². The van der Waals surface area contributed by atoms with Crippen LogP contribution in [0.5, 0.6) is 0 Å². The van der Waals surface area contributed by atoms with Crippen molar-refractivity contribution in [3.05, 3.63) is 16.4 Å². The average Bonchev–Trinajstić information content (AvgIpc) is 2.71. The fourth-order valence-corrected chi connectivity index (χ4v) is 3.69. The summed E-state index contributed by atoms with van der Waals surface area (Å²) in [5.74, 6) is 7.27. The normalized spacial score (nSPS) is 24.9. The topological polar surface area (TPSA) is 55.9 Å². The van der Waals surface area contributed by atoms with Crippen LogP contribution in [0.3, 0.4) is 0 Å². The van der Waals surface area contributed by atoms with Gasteiger partial charge in [0.1, 0.15) is 0 Å². The van der Waals surface area contributed by atoms with Crippen LogP contribution < -0.4 is 11.3 Å². The molecule has 1 aliphatic rings. The van der Waals surface area contributed by atoms with E-state index in [2.05, 4.69) is 24.4 Å². The number of aryl methyl sites for hydroxylation is 2. The molecule has 1 aromatic rings. The molecule has 1 aliphatic carbocycles. The van der Waals surface area contributed by atoms with Gasteiger partial charge in [0, 0.05) is 19.0 Å². The zero-order valence-electron chi connectivity index (χ0n) is 12.8. The Bertz CT molecular complexity index is 443. The number of nitrogens with one attached hydrogen (secondary N) is 1. The van der Waals surface area contributed by atoms with Gasteiger partial charge in [0.15, 0.2) is 0 Å². The molecule has 3 atom stereocenters. The van der Waals surface area contributed by atoms with Crippen molar-refractivity contribution in [2.24, 2.45) is 17.7 Å². The van der Waals surface area contributed by atoms with E-state index in [0.29, 0.717) is 5.92 Å². The molecule has 3 unspecified atom stereocenters. The van der Waals surface area contributed by atoms with Crippen molar-refractivity contribution in [2.75, 3.05) is 0 Å². The molecule has 1 fully saturated rings. The summed E-state index contributed by atoms with van der Waals surface area (Å²) in [5.41, 5.74) is 5.06. The Morgan fingerprint density at radius 3 is 2.85 bits per heavy atom. The molecule has 4 nitrogen and oxygen atoms in total. The molecule has 1 aromatic heterocycles. The summed E-state index contributed by atoms with van der Waals surface area (Å²) in [5, 5.41) is 5.29. The van der Waals surface area contributed by atoms with Gasteiger partial charge in [-0.15, -0.1) is 0 Å². The molecule has 3 N–H and O–H groups in total. The maximum atomic E-state index is 6.41. The van der Waals surface area contributed by atoms with Gasteiger partial charge in [-0.2, -0.15) is 5.10 Å². The van der Waals surface area contributed by atoms with Crippen LogP contribution in [-0.4, -0.2) is 15.8 Å². The Morgan fingerprint density at radius 1 is 1.50 bits per heavy atom. The lowest BCUT2D eigenvalue weighted by Gasteiger charge is -2.33. The number of hydrazine groups is 1. The van der Waals surface area contributed by atoms with Crippen LogP contribution in [0.1, 0.15) is 50.9 Å². The summed E-state index contributed by atoms with van der Waals surface area (Å²) in [6.07, 6.45) is 6.04. The predicted octanol–water partition coefficient (Wildman–Crippen LogP) is 3.07. The SMILES string of the molecule is CCn1nc(C)c(Cl)c1CC(NN)C1CCCC(C)C1. The molecule has 5 heteroatoms. The standard InChI is InChI=1S/C15H27ClN4/c1-4-20-14(15(16)11(3)19-20)9-13(18-17)12-7-5-6-10(2)8-12/h10,12-13,18H,4-9,17H2,1-3H3. The number of rotatable bonds is 5. The van der Waals surface area contributed by atoms with E-state index in [1.54, 1.807) is 0 Å². The van der Waals surface area contributed by atoms with Crippen LogP contribution in [0.4, 0.5) is 0 Å². The monoisotopic (exact) mass is 298 g/mol. The third-order valence-corrected chi connectivity index (χ3v) is 5.12.